The van der Waals surface area contributed by atoms with Gasteiger partial charge in [0.25, 0.3) is 0 Å². The summed E-state index contributed by atoms with van der Waals surface area (Å²) in [6, 6.07) is 8.73. The number of nitrogen functional groups attached to an aromatic ring is 1. The van der Waals surface area contributed by atoms with Crippen molar-refractivity contribution in [3.8, 4) is 11.1 Å². The van der Waals surface area contributed by atoms with Gasteiger partial charge in [0.2, 0.25) is 5.95 Å². The minimum Gasteiger partial charge on any atom is -0.447 e. The second-order valence-corrected chi connectivity index (χ2v) is 9.37. The fourth-order valence-electron chi connectivity index (χ4n) is 4.22. The van der Waals surface area contributed by atoms with Gasteiger partial charge in [-0.25, -0.2) is 14.2 Å². The molecule has 3 heterocycles. The number of alkyl halides is 1. The van der Waals surface area contributed by atoms with Crippen molar-refractivity contribution in [2.24, 2.45) is 0 Å². The third-order valence-electron chi connectivity index (χ3n) is 6.19. The minimum absolute atomic E-state index is 0.0146. The van der Waals surface area contributed by atoms with E-state index in [9.17, 15) is 9.18 Å². The van der Waals surface area contributed by atoms with Gasteiger partial charge in [0, 0.05) is 30.2 Å². The lowest BCUT2D eigenvalue weighted by Gasteiger charge is -2.22. The number of amides is 1. The molecule has 1 amide bonds. The molecule has 1 aliphatic rings. The van der Waals surface area contributed by atoms with Crippen LogP contribution in [0.25, 0.3) is 11.1 Å². The summed E-state index contributed by atoms with van der Waals surface area (Å²) in [5.41, 5.74) is 12.0. The first kappa shape index (κ1) is 25.3. The Hall–Kier alpha value is -3.79. The third-order valence-corrected chi connectivity index (χ3v) is 6.19. The van der Waals surface area contributed by atoms with Crippen molar-refractivity contribution in [2.45, 2.75) is 45.6 Å². The number of benzene rings is 1. The van der Waals surface area contributed by atoms with E-state index in [1.807, 2.05) is 46.3 Å². The first-order valence-corrected chi connectivity index (χ1v) is 11.8. The fourth-order valence-corrected chi connectivity index (χ4v) is 4.22. The summed E-state index contributed by atoms with van der Waals surface area (Å²) in [6.07, 6.45) is 1.49. The highest BCUT2D eigenvalue weighted by Gasteiger charge is 2.39. The highest BCUT2D eigenvalue weighted by Crippen LogP contribution is 2.29. The quantitative estimate of drug-likeness (QED) is 0.446. The molecule has 10 heteroatoms. The Morgan fingerprint density at radius 1 is 1.25 bits per heavy atom. The van der Waals surface area contributed by atoms with Crippen molar-refractivity contribution >= 4 is 23.5 Å². The molecule has 0 radical (unpaired) electrons. The SMILES string of the molecule is Cc1cc([C@H](C)Nc2nccc(N3C(=O)OC[C@@H]3[C@H](C)F)n2)ncc1-c1ccc(CN(C)C)c(N)c1. The summed E-state index contributed by atoms with van der Waals surface area (Å²) in [4.78, 5) is 28.8. The van der Waals surface area contributed by atoms with Crippen LogP contribution in [0.5, 0.6) is 0 Å². The molecule has 3 N–H and O–H groups in total. The summed E-state index contributed by atoms with van der Waals surface area (Å²) in [5, 5.41) is 3.22. The number of carbonyl (C=O) groups is 1. The van der Waals surface area contributed by atoms with Gasteiger partial charge in [-0.1, -0.05) is 12.1 Å². The molecule has 1 saturated heterocycles. The van der Waals surface area contributed by atoms with Crippen LogP contribution >= 0.6 is 0 Å². The number of cyclic esters (lactones) is 1. The molecule has 1 aliphatic heterocycles. The molecule has 1 aromatic carbocycles. The van der Waals surface area contributed by atoms with Gasteiger partial charge in [0.05, 0.1) is 11.7 Å². The fraction of sp³-hybridized carbons (Fsp3) is 0.385. The van der Waals surface area contributed by atoms with Crippen LogP contribution in [0.15, 0.2) is 42.7 Å². The zero-order valence-electron chi connectivity index (χ0n) is 21.2. The van der Waals surface area contributed by atoms with E-state index in [0.29, 0.717) is 5.95 Å². The van der Waals surface area contributed by atoms with Crippen molar-refractivity contribution in [3.05, 3.63) is 59.5 Å². The van der Waals surface area contributed by atoms with E-state index < -0.39 is 18.3 Å². The second kappa shape index (κ2) is 10.4. The molecule has 0 unspecified atom stereocenters. The van der Waals surface area contributed by atoms with Crippen molar-refractivity contribution < 1.29 is 13.9 Å². The van der Waals surface area contributed by atoms with E-state index in [1.165, 1.54) is 18.0 Å². The lowest BCUT2D eigenvalue weighted by Crippen LogP contribution is -2.39. The van der Waals surface area contributed by atoms with E-state index in [2.05, 4.69) is 37.3 Å². The first-order valence-electron chi connectivity index (χ1n) is 11.8. The average molecular weight is 494 g/mol. The number of ether oxygens (including phenoxy) is 1. The molecule has 190 valence electrons. The maximum atomic E-state index is 14.0. The molecule has 0 aliphatic carbocycles. The average Bonchev–Trinajstić information content (AvgIpc) is 3.22. The van der Waals surface area contributed by atoms with E-state index in [1.54, 1.807) is 6.07 Å². The number of nitrogens with two attached hydrogens (primary N) is 1. The number of nitrogens with zero attached hydrogens (tertiary/aromatic N) is 5. The van der Waals surface area contributed by atoms with E-state index >= 15 is 0 Å². The van der Waals surface area contributed by atoms with Gasteiger partial charge in [-0.05, 0) is 69.8 Å². The van der Waals surface area contributed by atoms with Crippen LogP contribution in [0.1, 0.15) is 36.7 Å². The smallest absolute Gasteiger partial charge is 0.416 e. The Labute approximate surface area is 210 Å². The Morgan fingerprint density at radius 2 is 2.03 bits per heavy atom. The molecule has 2 aromatic heterocycles. The van der Waals surface area contributed by atoms with Crippen LogP contribution in [0.3, 0.4) is 0 Å². The second-order valence-electron chi connectivity index (χ2n) is 9.37. The van der Waals surface area contributed by atoms with Crippen molar-refractivity contribution in [3.63, 3.8) is 0 Å². The molecule has 36 heavy (non-hydrogen) atoms. The standard InChI is InChI=1S/C26H32FN7O2/c1-15-10-22(30-12-20(15)18-6-7-19(13-33(4)5)21(28)11-18)17(3)31-25-29-9-8-24(32-25)34-23(16(2)27)14-36-26(34)35/h6-12,16-17,23H,13-14,28H2,1-5H3,(H,29,31,32)/t16-,17-,23+/m0/s1. The number of hydrogen-bond donors (Lipinski definition) is 2. The van der Waals surface area contributed by atoms with Gasteiger partial charge in [-0.2, -0.15) is 4.98 Å². The van der Waals surface area contributed by atoms with Crippen LogP contribution in [0, 0.1) is 6.92 Å². The van der Waals surface area contributed by atoms with E-state index in [0.717, 1.165) is 40.2 Å². The monoisotopic (exact) mass is 493 g/mol. The van der Waals surface area contributed by atoms with E-state index in [-0.39, 0.29) is 18.5 Å². The number of nitrogens with one attached hydrogen (secondary N) is 1. The Balaban J connectivity index is 1.51. The normalized spacial score (nSPS) is 17.2. The van der Waals surface area contributed by atoms with Gasteiger partial charge >= 0.3 is 6.09 Å². The number of aromatic nitrogens is 3. The van der Waals surface area contributed by atoms with E-state index in [4.69, 9.17) is 10.5 Å². The number of hydrogen-bond acceptors (Lipinski definition) is 8. The predicted molar refractivity (Wildman–Crippen MR) is 138 cm³/mol. The van der Waals surface area contributed by atoms with Crippen LogP contribution in [-0.2, 0) is 11.3 Å². The number of anilines is 3. The molecular formula is C26H32FN7O2. The van der Waals surface area contributed by atoms with Crippen LogP contribution < -0.4 is 16.0 Å². The zero-order valence-corrected chi connectivity index (χ0v) is 21.2. The lowest BCUT2D eigenvalue weighted by atomic mass is 9.99. The van der Waals surface area contributed by atoms with Crippen LogP contribution in [0.4, 0.5) is 26.6 Å². The van der Waals surface area contributed by atoms with Crippen molar-refractivity contribution in [2.75, 3.05) is 36.7 Å². The maximum absolute atomic E-state index is 14.0. The molecule has 1 fully saturated rings. The molecule has 3 aromatic rings. The number of halogens is 1. The Morgan fingerprint density at radius 3 is 2.69 bits per heavy atom. The van der Waals surface area contributed by atoms with Crippen molar-refractivity contribution in [1.29, 1.82) is 0 Å². The van der Waals surface area contributed by atoms with Gasteiger partial charge in [-0.3, -0.25) is 9.88 Å². The number of aryl methyl sites for hydroxylation is 1. The molecule has 0 saturated carbocycles. The molecule has 9 nitrogen and oxygen atoms in total. The summed E-state index contributed by atoms with van der Waals surface area (Å²) in [5.74, 6) is 0.587. The van der Waals surface area contributed by atoms with Gasteiger partial charge in [-0.15, -0.1) is 0 Å². The summed E-state index contributed by atoms with van der Waals surface area (Å²) in [7, 11) is 4.02. The summed E-state index contributed by atoms with van der Waals surface area (Å²) < 4.78 is 19.0. The summed E-state index contributed by atoms with van der Waals surface area (Å²) in [6.45, 7) is 6.14. The highest BCUT2D eigenvalue weighted by molar-refractivity contribution is 5.89. The zero-order chi connectivity index (χ0) is 26.0. The molecule has 3 atom stereocenters. The van der Waals surface area contributed by atoms with Crippen LogP contribution in [-0.4, -0.2) is 58.9 Å². The van der Waals surface area contributed by atoms with Crippen molar-refractivity contribution in [1.82, 2.24) is 19.9 Å². The number of carbonyl (C=O) groups excluding carboxylic acids is 1. The Bertz CT molecular complexity index is 1250. The predicted octanol–water partition coefficient (Wildman–Crippen LogP) is 4.35. The van der Waals surface area contributed by atoms with Gasteiger partial charge in [0.1, 0.15) is 24.6 Å². The number of pyridine rings is 1. The Kier molecular flexibility index (Phi) is 7.35. The topological polar surface area (TPSA) is 110 Å². The first-order chi connectivity index (χ1) is 17.1. The largest absolute Gasteiger partial charge is 0.447 e. The third kappa shape index (κ3) is 5.38. The molecule has 4 rings (SSSR count). The molecular weight excluding hydrogens is 461 g/mol. The highest BCUT2D eigenvalue weighted by atomic mass is 19.1. The molecule has 0 bridgehead atoms. The summed E-state index contributed by atoms with van der Waals surface area (Å²) >= 11 is 0. The minimum atomic E-state index is -1.26. The molecule has 0 spiro atoms. The van der Waals surface area contributed by atoms with Gasteiger partial charge < -0.3 is 20.7 Å². The van der Waals surface area contributed by atoms with Gasteiger partial charge in [0.15, 0.2) is 0 Å². The number of rotatable bonds is 8. The lowest BCUT2D eigenvalue weighted by molar-refractivity contribution is 0.174. The maximum Gasteiger partial charge on any atom is 0.416 e. The van der Waals surface area contributed by atoms with Crippen LogP contribution in [0.2, 0.25) is 0 Å².